The molecule has 1 N–H and O–H groups in total. The number of nitrogens with one attached hydrogen (secondary N) is 1. The van der Waals surface area contributed by atoms with Crippen molar-refractivity contribution in [2.45, 2.75) is 28.5 Å². The smallest absolute Gasteiger partial charge is 0.0733 e. The molecule has 2 aliphatic heterocycles. The van der Waals surface area contributed by atoms with Gasteiger partial charge in [0.25, 0.3) is 0 Å². The first-order valence-electron chi connectivity index (χ1n) is 7.18. The van der Waals surface area contributed by atoms with Crippen molar-refractivity contribution in [3.63, 3.8) is 0 Å². The number of H-pyrrole nitrogens is 1. The molecule has 2 aliphatic rings. The molecule has 24 heavy (non-hydrogen) atoms. The van der Waals surface area contributed by atoms with Crippen LogP contribution in [0.3, 0.4) is 0 Å². The maximum atomic E-state index is 4.32. The summed E-state index contributed by atoms with van der Waals surface area (Å²) in [5.41, 5.74) is 2.23. The van der Waals surface area contributed by atoms with Gasteiger partial charge in [0.2, 0.25) is 0 Å². The van der Waals surface area contributed by atoms with E-state index in [-0.39, 0.29) is 0 Å². The first-order chi connectivity index (χ1) is 11.7. The van der Waals surface area contributed by atoms with Gasteiger partial charge in [0.05, 0.1) is 27.5 Å². The molecule has 0 aliphatic carbocycles. The van der Waals surface area contributed by atoms with E-state index in [0.29, 0.717) is 0 Å². The van der Waals surface area contributed by atoms with Crippen LogP contribution in [0.4, 0.5) is 0 Å². The van der Waals surface area contributed by atoms with Gasteiger partial charge in [-0.2, -0.15) is 5.10 Å². The van der Waals surface area contributed by atoms with Crippen LogP contribution in [0, 0.1) is 13.8 Å². The second-order valence-corrected chi connectivity index (χ2v) is 12.1. The maximum Gasteiger partial charge on any atom is 0.0733 e. The van der Waals surface area contributed by atoms with Crippen molar-refractivity contribution in [2.24, 2.45) is 0 Å². The number of aryl methyl sites for hydroxylation is 2. The number of benzene rings is 1. The fraction of sp³-hybridized carbons (Fsp3) is 0.188. The van der Waals surface area contributed by atoms with E-state index in [1.54, 1.807) is 0 Å². The second-order valence-electron chi connectivity index (χ2n) is 5.07. The average molecular weight is 427 g/mol. The zero-order valence-electron chi connectivity index (χ0n) is 13.2. The lowest BCUT2D eigenvalue weighted by Gasteiger charge is -2.03. The third-order valence-corrected chi connectivity index (χ3v) is 12.1. The summed E-state index contributed by atoms with van der Waals surface area (Å²) in [6, 6.07) is 8.65. The van der Waals surface area contributed by atoms with Crippen LogP contribution in [-0.2, 0) is 0 Å². The molecule has 4 rings (SSSR count). The van der Waals surface area contributed by atoms with Crippen molar-refractivity contribution in [2.75, 3.05) is 6.26 Å². The molecule has 0 saturated carbocycles. The van der Waals surface area contributed by atoms with Gasteiger partial charge in [-0.25, -0.2) is 0 Å². The quantitative estimate of drug-likeness (QED) is 0.559. The monoisotopic (exact) mass is 426 g/mol. The third kappa shape index (κ3) is 3.33. The van der Waals surface area contributed by atoms with E-state index in [9.17, 15) is 0 Å². The van der Waals surface area contributed by atoms with Gasteiger partial charge >= 0.3 is 0 Å². The van der Waals surface area contributed by atoms with Crippen LogP contribution in [0.2, 0.25) is 0 Å². The van der Waals surface area contributed by atoms with Gasteiger partial charge < -0.3 is 0 Å². The van der Waals surface area contributed by atoms with E-state index in [2.05, 4.69) is 54.6 Å². The third-order valence-electron chi connectivity index (χ3n) is 3.40. The highest BCUT2D eigenvalue weighted by Crippen LogP contribution is 2.64. The van der Waals surface area contributed by atoms with Crippen LogP contribution in [0.15, 0.2) is 55.9 Å². The van der Waals surface area contributed by atoms with E-state index in [1.807, 2.05) is 70.6 Å². The number of fused-ring (bicyclic) bond motifs is 1. The number of aromatic nitrogens is 2. The lowest BCUT2D eigenvalue weighted by molar-refractivity contribution is 1.02. The summed E-state index contributed by atoms with van der Waals surface area (Å²) in [5, 5.41) is 7.41. The van der Waals surface area contributed by atoms with Crippen molar-refractivity contribution in [3.8, 4) is 0 Å². The summed E-state index contributed by atoms with van der Waals surface area (Å²) in [5.74, 6) is 0. The van der Waals surface area contributed by atoms with Crippen molar-refractivity contribution in [1.82, 2.24) is 10.2 Å². The molecule has 0 radical (unpaired) electrons. The Morgan fingerprint density at radius 3 is 2.12 bits per heavy atom. The molecule has 1 aromatic heterocycles. The first kappa shape index (κ1) is 17.4. The summed E-state index contributed by atoms with van der Waals surface area (Å²) < 4.78 is 5.59. The summed E-state index contributed by atoms with van der Waals surface area (Å²) in [6.45, 7) is 4.16. The van der Waals surface area contributed by atoms with Crippen molar-refractivity contribution in [3.05, 3.63) is 52.6 Å². The Hall–Kier alpha value is 0.01000. The van der Waals surface area contributed by atoms with Crippen LogP contribution in [0.5, 0.6) is 0 Å². The Morgan fingerprint density at radius 2 is 1.54 bits per heavy atom. The number of hydrogen-bond acceptors (Lipinski definition) is 7. The summed E-state index contributed by atoms with van der Waals surface area (Å²) in [4.78, 5) is 4.00. The van der Waals surface area contributed by atoms with Crippen LogP contribution in [0.1, 0.15) is 11.4 Å². The van der Waals surface area contributed by atoms with Crippen LogP contribution < -0.4 is 0 Å². The van der Waals surface area contributed by atoms with Crippen molar-refractivity contribution in [1.29, 1.82) is 0 Å². The topological polar surface area (TPSA) is 28.7 Å². The standard InChI is InChI=1S/C16H14N2S6/c1-8-12(9(2)18-17-8)22-14-13(19-3)23-16(24-14)15-20-10-6-4-5-7-11(10)21-15/h4-7H,1-3H3,(H,17,18). The van der Waals surface area contributed by atoms with Crippen LogP contribution in [0.25, 0.3) is 0 Å². The highest BCUT2D eigenvalue weighted by molar-refractivity contribution is 8.42. The molecule has 8 heteroatoms. The fourth-order valence-corrected chi connectivity index (χ4v) is 10.4. The summed E-state index contributed by atoms with van der Waals surface area (Å²) in [7, 11) is 0. The second kappa shape index (κ2) is 7.32. The Labute approximate surface area is 167 Å². The number of thioether (sulfide) groups is 6. The minimum absolute atomic E-state index is 1.08. The van der Waals surface area contributed by atoms with Gasteiger partial charge in [0, 0.05) is 15.5 Å². The molecule has 3 heterocycles. The predicted octanol–water partition coefficient (Wildman–Crippen LogP) is 7.11. The maximum absolute atomic E-state index is 4.32. The van der Waals surface area contributed by atoms with E-state index in [4.69, 9.17) is 0 Å². The van der Waals surface area contributed by atoms with Gasteiger partial charge in [-0.1, -0.05) is 70.9 Å². The number of nitrogens with zero attached hydrogens (tertiary/aromatic N) is 1. The molecule has 0 atom stereocenters. The Bertz CT molecular complexity index is 821. The molecule has 0 saturated heterocycles. The highest BCUT2D eigenvalue weighted by Gasteiger charge is 2.29. The van der Waals surface area contributed by atoms with Gasteiger partial charge in [0.1, 0.15) is 0 Å². The number of rotatable bonds is 3. The average Bonchev–Trinajstić information content (AvgIpc) is 3.27. The van der Waals surface area contributed by atoms with Gasteiger partial charge in [-0.05, 0) is 32.2 Å². The molecule has 0 unspecified atom stereocenters. The molecule has 2 aromatic rings. The summed E-state index contributed by atoms with van der Waals surface area (Å²) >= 11 is 11.3. The SMILES string of the molecule is CSC1=C(Sc2c(C)n[nH]c2C)SC(=C2Sc3ccccc3S2)S1. The lowest BCUT2D eigenvalue weighted by atomic mass is 10.4. The Kier molecular flexibility index (Phi) is 5.32. The Morgan fingerprint density at radius 1 is 0.917 bits per heavy atom. The molecule has 124 valence electrons. The highest BCUT2D eigenvalue weighted by atomic mass is 32.3. The predicted molar refractivity (Wildman–Crippen MR) is 115 cm³/mol. The molecule has 0 spiro atoms. The first-order valence-corrected chi connectivity index (χ1v) is 12.5. The molecular weight excluding hydrogens is 413 g/mol. The van der Waals surface area contributed by atoms with E-state index in [1.165, 1.54) is 31.6 Å². The van der Waals surface area contributed by atoms with Crippen LogP contribution >= 0.6 is 70.6 Å². The molecular formula is C16H14N2S6. The van der Waals surface area contributed by atoms with Gasteiger partial charge in [-0.15, -0.1) is 11.8 Å². The van der Waals surface area contributed by atoms with Crippen molar-refractivity contribution >= 4 is 70.6 Å². The van der Waals surface area contributed by atoms with Crippen molar-refractivity contribution < 1.29 is 0 Å². The number of hydrogen-bond donors (Lipinski definition) is 1. The Balaban J connectivity index is 1.58. The lowest BCUT2D eigenvalue weighted by Crippen LogP contribution is -1.77. The normalized spacial score (nSPS) is 17.1. The minimum Gasteiger partial charge on any atom is -0.281 e. The van der Waals surface area contributed by atoms with E-state index in [0.717, 1.165) is 11.4 Å². The molecule has 2 nitrogen and oxygen atoms in total. The molecule has 0 fully saturated rings. The number of aromatic amines is 1. The zero-order valence-corrected chi connectivity index (χ0v) is 18.1. The van der Waals surface area contributed by atoms with Crippen LogP contribution in [-0.4, -0.2) is 16.5 Å². The largest absolute Gasteiger partial charge is 0.281 e. The van der Waals surface area contributed by atoms with E-state index < -0.39 is 0 Å². The molecule has 0 amide bonds. The zero-order chi connectivity index (χ0) is 16.7. The van der Waals surface area contributed by atoms with Gasteiger partial charge in [-0.3, -0.25) is 5.10 Å². The summed E-state index contributed by atoms with van der Waals surface area (Å²) in [6.07, 6.45) is 2.16. The van der Waals surface area contributed by atoms with E-state index >= 15 is 0 Å². The minimum atomic E-state index is 1.08. The fourth-order valence-electron chi connectivity index (χ4n) is 2.25. The van der Waals surface area contributed by atoms with Gasteiger partial charge in [0.15, 0.2) is 0 Å². The molecule has 1 aromatic carbocycles. The molecule has 0 bridgehead atoms.